The maximum atomic E-state index is 8.52. The van der Waals surface area contributed by atoms with Crippen molar-refractivity contribution in [2.75, 3.05) is 6.26 Å². The Balaban J connectivity index is 2.11. The Hall–Kier alpha value is -1.47. The molecule has 1 aromatic rings. The summed E-state index contributed by atoms with van der Waals surface area (Å²) in [6, 6.07) is 8.26. The van der Waals surface area contributed by atoms with Crippen LogP contribution in [0.1, 0.15) is 24.3 Å². The third-order valence-corrected chi connectivity index (χ3v) is 3.11. The molecular formula is C12H13N3S. The molecule has 4 heteroatoms. The molecule has 0 amide bonds. The molecule has 16 heavy (non-hydrogen) atoms. The van der Waals surface area contributed by atoms with Gasteiger partial charge in [-0.25, -0.2) is 4.99 Å². The summed E-state index contributed by atoms with van der Waals surface area (Å²) in [7, 11) is 0. The molecule has 0 radical (unpaired) electrons. The molecule has 1 aliphatic rings. The number of hydrogen-bond acceptors (Lipinski definition) is 3. The molecule has 1 saturated carbocycles. The van der Waals surface area contributed by atoms with Gasteiger partial charge >= 0.3 is 0 Å². The fraction of sp³-hybridized carbons (Fsp3) is 0.333. The van der Waals surface area contributed by atoms with E-state index >= 15 is 0 Å². The van der Waals surface area contributed by atoms with Crippen LogP contribution >= 0.6 is 11.8 Å². The zero-order valence-corrected chi connectivity index (χ0v) is 9.92. The number of nitrogens with zero attached hydrogens (tertiary/aromatic N) is 2. The summed E-state index contributed by atoms with van der Waals surface area (Å²) < 4.78 is 0. The molecule has 82 valence electrons. The lowest BCUT2D eigenvalue weighted by atomic mass is 10.1. The molecule has 3 nitrogen and oxygen atoms in total. The fourth-order valence-electron chi connectivity index (χ4n) is 1.53. The van der Waals surface area contributed by atoms with Crippen LogP contribution in [0.4, 0.5) is 5.69 Å². The molecule has 1 aliphatic carbocycles. The maximum absolute atomic E-state index is 8.52. The largest absolute Gasteiger partial charge is 0.271 e. The Kier molecular flexibility index (Phi) is 3.47. The predicted molar refractivity (Wildman–Crippen MR) is 67.8 cm³/mol. The van der Waals surface area contributed by atoms with Crippen molar-refractivity contribution < 1.29 is 0 Å². The monoisotopic (exact) mass is 231 g/mol. The van der Waals surface area contributed by atoms with E-state index in [1.807, 2.05) is 24.6 Å². The van der Waals surface area contributed by atoms with Gasteiger partial charge in [0.2, 0.25) is 0 Å². The lowest BCUT2D eigenvalue weighted by Gasteiger charge is -2.01. The molecule has 1 N–H and O–H groups in total. The van der Waals surface area contributed by atoms with E-state index in [4.69, 9.17) is 5.26 Å². The zero-order valence-electron chi connectivity index (χ0n) is 9.10. The van der Waals surface area contributed by atoms with Crippen molar-refractivity contribution >= 4 is 22.6 Å². The average Bonchev–Trinajstić information content (AvgIpc) is 3.13. The van der Waals surface area contributed by atoms with Gasteiger partial charge in [0.15, 0.2) is 11.4 Å². The van der Waals surface area contributed by atoms with Crippen LogP contribution in [0.5, 0.6) is 0 Å². The van der Waals surface area contributed by atoms with E-state index in [9.17, 15) is 0 Å². The topological polar surface area (TPSA) is 48.2 Å². The normalized spacial score (nSPS) is 15.6. The van der Waals surface area contributed by atoms with Crippen molar-refractivity contribution in [1.82, 2.24) is 5.32 Å². The summed E-state index contributed by atoms with van der Waals surface area (Å²) in [6.07, 6.45) is 6.40. The number of benzene rings is 1. The highest BCUT2D eigenvalue weighted by Crippen LogP contribution is 2.40. The molecular weight excluding hydrogens is 218 g/mol. The Morgan fingerprint density at radius 3 is 2.62 bits per heavy atom. The molecule has 0 unspecified atom stereocenters. The third kappa shape index (κ3) is 2.77. The Bertz CT molecular complexity index is 427. The summed E-state index contributed by atoms with van der Waals surface area (Å²) in [5.74, 6) is 0.773. The first-order chi connectivity index (χ1) is 7.83. The smallest absolute Gasteiger partial charge is 0.183 e. The lowest BCUT2D eigenvalue weighted by molar-refractivity contribution is 1.13. The molecule has 0 saturated heterocycles. The standard InChI is InChI=1S/C12H13N3S/c1-16-12(14-8-13)15-11-6-4-10(5-7-11)9-2-3-9/h4-7,9H,2-3H2,1H3,(H,14,15). The third-order valence-electron chi connectivity index (χ3n) is 2.53. The van der Waals surface area contributed by atoms with E-state index in [0.29, 0.717) is 5.17 Å². The first-order valence-electron chi connectivity index (χ1n) is 5.21. The van der Waals surface area contributed by atoms with Crippen LogP contribution in [-0.2, 0) is 0 Å². The van der Waals surface area contributed by atoms with Crippen molar-refractivity contribution in [2.45, 2.75) is 18.8 Å². The highest BCUT2D eigenvalue weighted by atomic mass is 32.2. The van der Waals surface area contributed by atoms with Crippen LogP contribution in [0.25, 0.3) is 0 Å². The minimum atomic E-state index is 0.627. The zero-order chi connectivity index (χ0) is 11.4. The van der Waals surface area contributed by atoms with E-state index in [-0.39, 0.29) is 0 Å². The highest BCUT2D eigenvalue weighted by molar-refractivity contribution is 8.13. The second-order valence-electron chi connectivity index (χ2n) is 3.72. The number of nitriles is 1. The van der Waals surface area contributed by atoms with Crippen molar-refractivity contribution in [3.63, 3.8) is 0 Å². The molecule has 0 atom stereocenters. The maximum Gasteiger partial charge on any atom is 0.183 e. The van der Waals surface area contributed by atoms with Gasteiger partial charge in [-0.15, -0.1) is 0 Å². The second kappa shape index (κ2) is 5.04. The van der Waals surface area contributed by atoms with E-state index in [1.165, 1.54) is 30.2 Å². The first kappa shape index (κ1) is 11.0. The number of rotatable bonds is 2. The molecule has 0 spiro atoms. The van der Waals surface area contributed by atoms with Gasteiger partial charge in [-0.1, -0.05) is 23.9 Å². The number of nitrogens with one attached hydrogen (secondary N) is 1. The van der Waals surface area contributed by atoms with Crippen molar-refractivity contribution in [1.29, 1.82) is 5.26 Å². The van der Waals surface area contributed by atoms with E-state index in [2.05, 4.69) is 22.4 Å². The molecule has 1 fully saturated rings. The minimum Gasteiger partial charge on any atom is -0.271 e. The molecule has 0 aliphatic heterocycles. The average molecular weight is 231 g/mol. The van der Waals surface area contributed by atoms with Gasteiger partial charge in [0.05, 0.1) is 5.69 Å². The molecule has 2 rings (SSSR count). The van der Waals surface area contributed by atoms with E-state index in [0.717, 1.165) is 11.6 Å². The SMILES string of the molecule is CSC(=Nc1ccc(C2CC2)cc1)NC#N. The van der Waals surface area contributed by atoms with Crippen molar-refractivity contribution in [3.05, 3.63) is 29.8 Å². The van der Waals surface area contributed by atoms with Crippen LogP contribution in [0.3, 0.4) is 0 Å². The highest BCUT2D eigenvalue weighted by Gasteiger charge is 2.22. The Morgan fingerprint density at radius 2 is 2.12 bits per heavy atom. The molecule has 0 bridgehead atoms. The number of hydrogen-bond donors (Lipinski definition) is 1. The van der Waals surface area contributed by atoms with Gasteiger partial charge in [-0.3, -0.25) is 5.32 Å². The molecule has 0 heterocycles. The van der Waals surface area contributed by atoms with Gasteiger partial charge < -0.3 is 0 Å². The quantitative estimate of drug-likeness (QED) is 0.368. The van der Waals surface area contributed by atoms with Crippen molar-refractivity contribution in [3.8, 4) is 6.19 Å². The van der Waals surface area contributed by atoms with Gasteiger partial charge in [0.1, 0.15) is 0 Å². The number of aliphatic imine (C=N–C) groups is 1. The van der Waals surface area contributed by atoms with Gasteiger partial charge in [0.25, 0.3) is 0 Å². The summed E-state index contributed by atoms with van der Waals surface area (Å²) in [5.41, 5.74) is 2.29. The summed E-state index contributed by atoms with van der Waals surface area (Å²) >= 11 is 1.43. The summed E-state index contributed by atoms with van der Waals surface area (Å²) in [6.45, 7) is 0. The first-order valence-corrected chi connectivity index (χ1v) is 6.43. The summed E-state index contributed by atoms with van der Waals surface area (Å²) in [4.78, 5) is 4.33. The van der Waals surface area contributed by atoms with Crippen LogP contribution in [0.2, 0.25) is 0 Å². The van der Waals surface area contributed by atoms with E-state index in [1.54, 1.807) is 0 Å². The predicted octanol–water partition coefficient (Wildman–Crippen LogP) is 2.99. The Morgan fingerprint density at radius 1 is 1.44 bits per heavy atom. The fourth-order valence-corrected chi connectivity index (χ4v) is 1.87. The van der Waals surface area contributed by atoms with Gasteiger partial charge in [0, 0.05) is 0 Å². The van der Waals surface area contributed by atoms with Crippen LogP contribution in [0, 0.1) is 11.5 Å². The molecule has 0 aromatic heterocycles. The van der Waals surface area contributed by atoms with Crippen LogP contribution in [-0.4, -0.2) is 11.4 Å². The molecule has 1 aromatic carbocycles. The Labute approximate surface area is 99.6 Å². The lowest BCUT2D eigenvalue weighted by Crippen LogP contribution is -2.12. The number of thioether (sulfide) groups is 1. The second-order valence-corrected chi connectivity index (χ2v) is 4.52. The minimum absolute atomic E-state index is 0.627. The number of amidine groups is 1. The van der Waals surface area contributed by atoms with Crippen LogP contribution in [0.15, 0.2) is 29.3 Å². The van der Waals surface area contributed by atoms with E-state index < -0.39 is 0 Å². The summed E-state index contributed by atoms with van der Waals surface area (Å²) in [5, 5.41) is 11.7. The van der Waals surface area contributed by atoms with Crippen LogP contribution < -0.4 is 5.32 Å². The van der Waals surface area contributed by atoms with Gasteiger partial charge in [-0.05, 0) is 42.7 Å². The van der Waals surface area contributed by atoms with Crippen molar-refractivity contribution in [2.24, 2.45) is 4.99 Å². The van der Waals surface area contributed by atoms with Gasteiger partial charge in [-0.2, -0.15) is 5.26 Å².